The molecule has 0 fully saturated rings. The number of benzene rings is 1. The largest absolute Gasteiger partial charge is 0.492 e. The van der Waals surface area contributed by atoms with Gasteiger partial charge in [-0.15, -0.1) is 24.0 Å². The van der Waals surface area contributed by atoms with E-state index in [1.54, 1.807) is 12.5 Å². The number of rotatable bonds is 8. The predicted octanol–water partition coefficient (Wildman–Crippen LogP) is 2.48. The van der Waals surface area contributed by atoms with Crippen LogP contribution in [-0.2, 0) is 6.54 Å². The highest BCUT2D eigenvalue weighted by Gasteiger charge is 2.05. The third kappa shape index (κ3) is 7.20. The van der Waals surface area contributed by atoms with Crippen LogP contribution in [0.4, 0.5) is 0 Å². The summed E-state index contributed by atoms with van der Waals surface area (Å²) in [5, 5.41) is 3.31. The van der Waals surface area contributed by atoms with Gasteiger partial charge in [-0.2, -0.15) is 0 Å². The Hall–Kier alpha value is -1.77. The topological polar surface area (TPSA) is 54.7 Å². The number of guanidine groups is 1. The second-order valence-electron chi connectivity index (χ2n) is 5.12. The van der Waals surface area contributed by atoms with Crippen LogP contribution in [0.25, 0.3) is 0 Å². The zero-order chi connectivity index (χ0) is 16.3. The Labute approximate surface area is 161 Å². The zero-order valence-corrected chi connectivity index (χ0v) is 16.6. The van der Waals surface area contributed by atoms with Crippen molar-refractivity contribution in [1.29, 1.82) is 0 Å². The molecule has 0 atom stereocenters. The van der Waals surface area contributed by atoms with Gasteiger partial charge in [0.15, 0.2) is 5.96 Å². The maximum atomic E-state index is 5.73. The summed E-state index contributed by atoms with van der Waals surface area (Å²) in [5.41, 5.74) is 0. The highest BCUT2D eigenvalue weighted by molar-refractivity contribution is 14.0. The second-order valence-corrected chi connectivity index (χ2v) is 5.12. The van der Waals surface area contributed by atoms with Crippen LogP contribution in [-0.4, -0.2) is 53.7 Å². The van der Waals surface area contributed by atoms with E-state index in [-0.39, 0.29) is 24.0 Å². The van der Waals surface area contributed by atoms with Gasteiger partial charge in [-0.3, -0.25) is 4.99 Å². The molecule has 1 heterocycles. The number of halogens is 1. The molecule has 0 radical (unpaired) electrons. The van der Waals surface area contributed by atoms with Gasteiger partial charge in [0.2, 0.25) is 0 Å². The van der Waals surface area contributed by atoms with Crippen molar-refractivity contribution in [2.45, 2.75) is 13.5 Å². The highest BCUT2D eigenvalue weighted by Crippen LogP contribution is 2.07. The molecule has 6 nitrogen and oxygen atoms in total. The van der Waals surface area contributed by atoms with Crippen LogP contribution in [0, 0.1) is 0 Å². The Kier molecular flexibility index (Phi) is 9.90. The van der Waals surface area contributed by atoms with Crippen molar-refractivity contribution in [2.75, 3.05) is 33.3 Å². The van der Waals surface area contributed by atoms with E-state index in [1.165, 1.54) is 0 Å². The van der Waals surface area contributed by atoms with E-state index in [0.717, 1.165) is 31.3 Å². The van der Waals surface area contributed by atoms with Gasteiger partial charge in [-0.1, -0.05) is 18.2 Å². The molecular formula is C17H26IN5O. The van der Waals surface area contributed by atoms with Gasteiger partial charge in [0.25, 0.3) is 0 Å². The maximum Gasteiger partial charge on any atom is 0.193 e. The van der Waals surface area contributed by atoms with E-state index < -0.39 is 0 Å². The molecule has 132 valence electrons. The first kappa shape index (κ1) is 20.3. The predicted molar refractivity (Wildman–Crippen MR) is 108 cm³/mol. The number of hydrogen-bond donors (Lipinski definition) is 1. The van der Waals surface area contributed by atoms with Crippen LogP contribution < -0.4 is 10.1 Å². The van der Waals surface area contributed by atoms with E-state index in [1.807, 2.05) is 48.1 Å². The number of aromatic nitrogens is 2. The van der Waals surface area contributed by atoms with E-state index in [9.17, 15) is 0 Å². The van der Waals surface area contributed by atoms with Crippen molar-refractivity contribution in [1.82, 2.24) is 19.8 Å². The summed E-state index contributed by atoms with van der Waals surface area (Å²) in [6, 6.07) is 9.85. The minimum atomic E-state index is 0. The molecule has 0 unspecified atom stereocenters. The third-order valence-corrected chi connectivity index (χ3v) is 3.31. The Morgan fingerprint density at radius 2 is 2.12 bits per heavy atom. The smallest absolute Gasteiger partial charge is 0.193 e. The number of ether oxygens (including phenoxy) is 1. The normalized spacial score (nSPS) is 10.8. The van der Waals surface area contributed by atoms with E-state index >= 15 is 0 Å². The average Bonchev–Trinajstić information content (AvgIpc) is 3.08. The lowest BCUT2D eigenvalue weighted by atomic mass is 10.3. The quantitative estimate of drug-likeness (QED) is 0.387. The Bertz CT molecular complexity index is 574. The van der Waals surface area contributed by atoms with Gasteiger partial charge in [-0.25, -0.2) is 4.98 Å². The van der Waals surface area contributed by atoms with Crippen LogP contribution in [0.1, 0.15) is 6.92 Å². The average molecular weight is 443 g/mol. The van der Waals surface area contributed by atoms with Crippen molar-refractivity contribution in [2.24, 2.45) is 4.99 Å². The standard InChI is InChI=1S/C17H25N5O.HI/c1-3-19-17(20-10-12-22-11-9-18-15-22)21(2)13-14-23-16-7-5-4-6-8-16;/h4-9,11,15H,3,10,12-14H2,1-2H3,(H,19,20);1H. The summed E-state index contributed by atoms with van der Waals surface area (Å²) < 4.78 is 7.75. The van der Waals surface area contributed by atoms with Gasteiger partial charge in [0, 0.05) is 32.5 Å². The lowest BCUT2D eigenvalue weighted by Crippen LogP contribution is -2.41. The van der Waals surface area contributed by atoms with Gasteiger partial charge < -0.3 is 19.5 Å². The summed E-state index contributed by atoms with van der Waals surface area (Å²) >= 11 is 0. The first-order valence-electron chi connectivity index (χ1n) is 7.92. The number of nitrogens with zero attached hydrogens (tertiary/aromatic N) is 4. The van der Waals surface area contributed by atoms with Gasteiger partial charge in [0.05, 0.1) is 19.4 Å². The number of aliphatic imine (C=N–C) groups is 1. The molecule has 24 heavy (non-hydrogen) atoms. The fourth-order valence-corrected chi connectivity index (χ4v) is 2.08. The molecule has 0 aliphatic heterocycles. The van der Waals surface area contributed by atoms with E-state index in [0.29, 0.717) is 13.2 Å². The van der Waals surface area contributed by atoms with Crippen molar-refractivity contribution in [3.8, 4) is 5.75 Å². The first-order chi connectivity index (χ1) is 11.3. The fourth-order valence-electron chi connectivity index (χ4n) is 2.08. The Morgan fingerprint density at radius 1 is 1.33 bits per heavy atom. The zero-order valence-electron chi connectivity index (χ0n) is 14.3. The molecule has 2 aromatic rings. The third-order valence-electron chi connectivity index (χ3n) is 3.31. The van der Waals surface area contributed by atoms with Crippen LogP contribution in [0.15, 0.2) is 54.0 Å². The van der Waals surface area contributed by atoms with Crippen LogP contribution in [0.5, 0.6) is 5.75 Å². The van der Waals surface area contributed by atoms with E-state index in [4.69, 9.17) is 4.74 Å². The first-order valence-corrected chi connectivity index (χ1v) is 7.92. The van der Waals surface area contributed by atoms with Crippen molar-refractivity contribution >= 4 is 29.9 Å². The highest BCUT2D eigenvalue weighted by atomic mass is 127. The number of imidazole rings is 1. The molecule has 1 N–H and O–H groups in total. The van der Waals surface area contributed by atoms with Crippen LogP contribution in [0.3, 0.4) is 0 Å². The molecule has 2 rings (SSSR count). The summed E-state index contributed by atoms with van der Waals surface area (Å²) in [6.45, 7) is 5.83. The minimum absolute atomic E-state index is 0. The molecule has 0 amide bonds. The second kappa shape index (κ2) is 11.7. The summed E-state index contributed by atoms with van der Waals surface area (Å²) in [6.07, 6.45) is 5.53. The van der Waals surface area contributed by atoms with Crippen LogP contribution >= 0.6 is 24.0 Å². The summed E-state index contributed by atoms with van der Waals surface area (Å²) in [5.74, 6) is 1.78. The van der Waals surface area contributed by atoms with E-state index in [2.05, 4.69) is 27.1 Å². The molecule has 0 aliphatic carbocycles. The molecule has 1 aromatic heterocycles. The van der Waals surface area contributed by atoms with Gasteiger partial charge >= 0.3 is 0 Å². The monoisotopic (exact) mass is 443 g/mol. The lowest BCUT2D eigenvalue weighted by Gasteiger charge is -2.22. The lowest BCUT2D eigenvalue weighted by molar-refractivity contribution is 0.281. The number of hydrogen-bond acceptors (Lipinski definition) is 3. The summed E-state index contributed by atoms with van der Waals surface area (Å²) in [4.78, 5) is 10.8. The Morgan fingerprint density at radius 3 is 2.79 bits per heavy atom. The molecular weight excluding hydrogens is 417 g/mol. The Balaban J connectivity index is 0.00000288. The summed E-state index contributed by atoms with van der Waals surface area (Å²) in [7, 11) is 2.02. The fraction of sp³-hybridized carbons (Fsp3) is 0.412. The molecule has 0 saturated heterocycles. The van der Waals surface area contributed by atoms with Crippen molar-refractivity contribution in [3.63, 3.8) is 0 Å². The van der Waals surface area contributed by atoms with Crippen molar-refractivity contribution < 1.29 is 4.74 Å². The molecule has 1 aromatic carbocycles. The molecule has 7 heteroatoms. The molecule has 0 bridgehead atoms. The maximum absolute atomic E-state index is 5.73. The molecule has 0 aliphatic rings. The van der Waals surface area contributed by atoms with Crippen molar-refractivity contribution in [3.05, 3.63) is 49.1 Å². The minimum Gasteiger partial charge on any atom is -0.492 e. The number of likely N-dealkylation sites (N-methyl/N-ethyl adjacent to an activating group) is 1. The SMILES string of the molecule is CCNC(=NCCn1ccnc1)N(C)CCOc1ccccc1.I. The van der Waals surface area contributed by atoms with Gasteiger partial charge in [-0.05, 0) is 19.1 Å². The number of para-hydroxylation sites is 1. The molecule has 0 saturated carbocycles. The van der Waals surface area contributed by atoms with Gasteiger partial charge in [0.1, 0.15) is 12.4 Å². The van der Waals surface area contributed by atoms with Crippen LogP contribution in [0.2, 0.25) is 0 Å². The molecule has 0 spiro atoms. The number of nitrogens with one attached hydrogen (secondary N) is 1.